The first kappa shape index (κ1) is 9.72. The lowest BCUT2D eigenvalue weighted by atomic mass is 10.2. The third-order valence-electron chi connectivity index (χ3n) is 2.86. The van der Waals surface area contributed by atoms with Crippen molar-refractivity contribution in [3.8, 4) is 0 Å². The Bertz CT molecular complexity index is 167. The lowest BCUT2D eigenvalue weighted by molar-refractivity contribution is -0.835. The maximum atomic E-state index is 4.52. The second-order valence-electron chi connectivity index (χ2n) is 3.74. The van der Waals surface area contributed by atoms with Gasteiger partial charge in [0.15, 0.2) is 5.84 Å². The van der Waals surface area contributed by atoms with Crippen LogP contribution in [0.2, 0.25) is 0 Å². The molecule has 0 aromatic carbocycles. The van der Waals surface area contributed by atoms with E-state index in [1.165, 1.54) is 42.8 Å². The summed E-state index contributed by atoms with van der Waals surface area (Å²) in [6.07, 6.45) is 2.54. The van der Waals surface area contributed by atoms with Crippen LogP contribution in [0.5, 0.6) is 0 Å². The molecule has 0 bridgehead atoms. The maximum Gasteiger partial charge on any atom is 0.195 e. The number of nitrogens with zero attached hydrogens (tertiary/aromatic N) is 2. The molecular formula is C10H21N2+. The maximum absolute atomic E-state index is 4.52. The number of quaternary nitrogens is 1. The van der Waals surface area contributed by atoms with Crippen molar-refractivity contribution in [3.63, 3.8) is 0 Å². The molecule has 2 heteroatoms. The Morgan fingerprint density at radius 3 is 2.17 bits per heavy atom. The zero-order chi connectivity index (χ0) is 9.03. The van der Waals surface area contributed by atoms with Gasteiger partial charge in [0.1, 0.15) is 6.54 Å². The van der Waals surface area contributed by atoms with Crippen LogP contribution in [0.4, 0.5) is 0 Å². The molecule has 0 fully saturated rings. The van der Waals surface area contributed by atoms with Crippen LogP contribution in [0.3, 0.4) is 0 Å². The smallest absolute Gasteiger partial charge is 0.195 e. The first-order chi connectivity index (χ1) is 5.75. The van der Waals surface area contributed by atoms with Crippen LogP contribution in [-0.2, 0) is 0 Å². The van der Waals surface area contributed by atoms with Crippen molar-refractivity contribution in [2.75, 3.05) is 26.2 Å². The standard InChI is InChI=1S/C10H21N2/c1-4-7-12(8-5-2)9-6-11-10(12)3/h4-9H2,1-3H3/q+1. The third kappa shape index (κ3) is 1.69. The monoisotopic (exact) mass is 169 g/mol. The second-order valence-corrected chi connectivity index (χ2v) is 3.74. The number of rotatable bonds is 4. The molecule has 1 aliphatic rings. The fourth-order valence-corrected chi connectivity index (χ4v) is 2.23. The van der Waals surface area contributed by atoms with E-state index in [0.29, 0.717) is 0 Å². The van der Waals surface area contributed by atoms with E-state index >= 15 is 0 Å². The van der Waals surface area contributed by atoms with Gasteiger partial charge in [-0.05, 0) is 12.8 Å². The van der Waals surface area contributed by atoms with E-state index in [1.807, 2.05) is 0 Å². The van der Waals surface area contributed by atoms with E-state index in [4.69, 9.17) is 0 Å². The summed E-state index contributed by atoms with van der Waals surface area (Å²) in [5, 5.41) is 0. The molecule has 0 amide bonds. The fraction of sp³-hybridized carbons (Fsp3) is 0.900. The van der Waals surface area contributed by atoms with Gasteiger partial charge in [0, 0.05) is 6.92 Å². The molecule has 1 aliphatic heterocycles. The summed E-state index contributed by atoms with van der Waals surface area (Å²) in [7, 11) is 0. The summed E-state index contributed by atoms with van der Waals surface area (Å²) in [5.41, 5.74) is 0. The van der Waals surface area contributed by atoms with E-state index in [0.717, 1.165) is 6.54 Å². The average molecular weight is 169 g/mol. The first-order valence-corrected chi connectivity index (χ1v) is 5.13. The minimum absolute atomic E-state index is 1.05. The minimum Gasteiger partial charge on any atom is -0.277 e. The average Bonchev–Trinajstić information content (AvgIpc) is 2.35. The molecule has 0 N–H and O–H groups in total. The quantitative estimate of drug-likeness (QED) is 0.571. The minimum atomic E-state index is 1.05. The van der Waals surface area contributed by atoms with Crippen LogP contribution in [0, 0.1) is 0 Å². The Labute approximate surface area is 75.9 Å². The number of amidine groups is 1. The first-order valence-electron chi connectivity index (χ1n) is 5.13. The second kappa shape index (κ2) is 4.04. The molecule has 1 heterocycles. The van der Waals surface area contributed by atoms with Crippen LogP contribution >= 0.6 is 0 Å². The zero-order valence-corrected chi connectivity index (χ0v) is 8.64. The van der Waals surface area contributed by atoms with Crippen LogP contribution in [0.25, 0.3) is 0 Å². The molecular weight excluding hydrogens is 148 g/mol. The summed E-state index contributed by atoms with van der Waals surface area (Å²) >= 11 is 0. The molecule has 0 spiro atoms. The van der Waals surface area contributed by atoms with E-state index in [2.05, 4.69) is 25.8 Å². The van der Waals surface area contributed by atoms with Crippen molar-refractivity contribution in [2.45, 2.75) is 33.6 Å². The van der Waals surface area contributed by atoms with Gasteiger partial charge in [0.2, 0.25) is 0 Å². The van der Waals surface area contributed by atoms with Crippen molar-refractivity contribution in [2.24, 2.45) is 4.99 Å². The topological polar surface area (TPSA) is 12.4 Å². The highest BCUT2D eigenvalue weighted by molar-refractivity contribution is 5.73. The zero-order valence-electron chi connectivity index (χ0n) is 8.64. The molecule has 0 aromatic rings. The van der Waals surface area contributed by atoms with Crippen molar-refractivity contribution in [1.29, 1.82) is 0 Å². The SMILES string of the molecule is CCC[N+]1(CCC)CCN=C1C. The molecule has 0 aromatic heterocycles. The van der Waals surface area contributed by atoms with Gasteiger partial charge in [0.25, 0.3) is 0 Å². The van der Waals surface area contributed by atoms with Gasteiger partial charge in [-0.3, -0.25) is 4.48 Å². The van der Waals surface area contributed by atoms with Crippen molar-refractivity contribution >= 4 is 5.84 Å². The lowest BCUT2D eigenvalue weighted by Gasteiger charge is -2.33. The summed E-state index contributed by atoms with van der Waals surface area (Å²) in [4.78, 5) is 4.52. The fourth-order valence-electron chi connectivity index (χ4n) is 2.23. The van der Waals surface area contributed by atoms with Crippen molar-refractivity contribution in [1.82, 2.24) is 0 Å². The van der Waals surface area contributed by atoms with Gasteiger partial charge in [-0.2, -0.15) is 0 Å². The number of aliphatic imine (C=N–C) groups is 1. The van der Waals surface area contributed by atoms with Crippen molar-refractivity contribution in [3.05, 3.63) is 0 Å². The Balaban J connectivity index is 2.65. The molecule has 12 heavy (non-hydrogen) atoms. The van der Waals surface area contributed by atoms with Gasteiger partial charge in [-0.25, -0.2) is 4.99 Å². The molecule has 0 aliphatic carbocycles. The number of hydrogen-bond donors (Lipinski definition) is 0. The molecule has 0 atom stereocenters. The van der Waals surface area contributed by atoms with Gasteiger partial charge in [-0.15, -0.1) is 0 Å². The number of hydrogen-bond acceptors (Lipinski definition) is 1. The third-order valence-corrected chi connectivity index (χ3v) is 2.86. The van der Waals surface area contributed by atoms with Crippen LogP contribution in [-0.4, -0.2) is 36.5 Å². The van der Waals surface area contributed by atoms with Crippen molar-refractivity contribution < 1.29 is 4.48 Å². The van der Waals surface area contributed by atoms with E-state index < -0.39 is 0 Å². The molecule has 2 nitrogen and oxygen atoms in total. The Morgan fingerprint density at radius 1 is 1.25 bits per heavy atom. The highest BCUT2D eigenvalue weighted by Gasteiger charge is 2.33. The lowest BCUT2D eigenvalue weighted by Crippen LogP contribution is -2.50. The highest BCUT2D eigenvalue weighted by atomic mass is 15.4. The molecule has 0 saturated carbocycles. The van der Waals surface area contributed by atoms with E-state index in [1.54, 1.807) is 0 Å². The summed E-state index contributed by atoms with van der Waals surface area (Å²) in [6.45, 7) is 11.6. The van der Waals surface area contributed by atoms with Crippen LogP contribution in [0.1, 0.15) is 33.6 Å². The Hall–Kier alpha value is -0.370. The van der Waals surface area contributed by atoms with Gasteiger partial charge in [-0.1, -0.05) is 13.8 Å². The summed E-state index contributed by atoms with van der Waals surface area (Å²) in [6, 6.07) is 0. The summed E-state index contributed by atoms with van der Waals surface area (Å²) in [5.74, 6) is 1.36. The van der Waals surface area contributed by atoms with Crippen LogP contribution < -0.4 is 0 Å². The Kier molecular flexibility index (Phi) is 3.27. The van der Waals surface area contributed by atoms with Crippen LogP contribution in [0.15, 0.2) is 4.99 Å². The molecule has 0 radical (unpaired) electrons. The molecule has 0 unspecified atom stereocenters. The highest BCUT2D eigenvalue weighted by Crippen LogP contribution is 2.16. The van der Waals surface area contributed by atoms with Gasteiger partial charge >= 0.3 is 0 Å². The summed E-state index contributed by atoms with van der Waals surface area (Å²) < 4.78 is 1.17. The predicted octanol–water partition coefficient (Wildman–Crippen LogP) is 2.06. The van der Waals surface area contributed by atoms with Gasteiger partial charge in [0.05, 0.1) is 19.6 Å². The van der Waals surface area contributed by atoms with E-state index in [9.17, 15) is 0 Å². The van der Waals surface area contributed by atoms with Gasteiger partial charge < -0.3 is 0 Å². The normalized spacial score (nSPS) is 21.1. The largest absolute Gasteiger partial charge is 0.277 e. The molecule has 0 saturated heterocycles. The predicted molar refractivity (Wildman–Crippen MR) is 53.4 cm³/mol. The molecule has 1 rings (SSSR count). The van der Waals surface area contributed by atoms with E-state index in [-0.39, 0.29) is 0 Å². The molecule has 70 valence electrons. The Morgan fingerprint density at radius 2 is 1.83 bits per heavy atom.